The molecule has 0 bridgehead atoms. The van der Waals surface area contributed by atoms with Crippen molar-refractivity contribution in [3.05, 3.63) is 36.5 Å². The number of aliphatic hydroxyl groups is 2. The van der Waals surface area contributed by atoms with Crippen molar-refractivity contribution in [3.63, 3.8) is 0 Å². The lowest BCUT2D eigenvalue weighted by Gasteiger charge is -2.40. The Bertz CT molecular complexity index is 1380. The molecule has 0 radical (unpaired) electrons. The molecule has 1 rings (SSSR count). The first kappa shape index (κ1) is 66.0. The lowest BCUT2D eigenvalue weighted by atomic mass is 9.98. The van der Waals surface area contributed by atoms with E-state index in [4.69, 9.17) is 23.7 Å². The molecule has 0 aliphatic carbocycles. The van der Waals surface area contributed by atoms with Gasteiger partial charge in [-0.3, -0.25) is 14.4 Å². The summed E-state index contributed by atoms with van der Waals surface area (Å²) in [6, 6.07) is 0. The first-order valence-corrected chi connectivity index (χ1v) is 29.0. The van der Waals surface area contributed by atoms with E-state index < -0.39 is 67.3 Å². The van der Waals surface area contributed by atoms with E-state index in [1.165, 1.54) is 89.9 Å². The number of unbranched alkanes of at least 4 members (excludes halogenated alkanes) is 29. The maximum Gasteiger partial charge on any atom is 0.335 e. The van der Waals surface area contributed by atoms with Crippen molar-refractivity contribution in [1.82, 2.24) is 0 Å². The van der Waals surface area contributed by atoms with Gasteiger partial charge in [-0.2, -0.15) is 0 Å². The van der Waals surface area contributed by atoms with Crippen LogP contribution >= 0.6 is 0 Å². The number of aliphatic hydroxyl groups excluding tert-OH is 2. The fraction of sp³-hybridized carbons (Fsp3) is 0.831. The largest absolute Gasteiger partial charge is 0.479 e. The summed E-state index contributed by atoms with van der Waals surface area (Å²) in [6.07, 6.45) is 42.6. The van der Waals surface area contributed by atoms with Crippen LogP contribution in [0.25, 0.3) is 0 Å². The molecule has 0 spiro atoms. The van der Waals surface area contributed by atoms with E-state index in [-0.39, 0.29) is 25.9 Å². The van der Waals surface area contributed by atoms with Crippen LogP contribution in [0, 0.1) is 0 Å². The molecule has 1 aliphatic rings. The molecule has 0 aromatic rings. The van der Waals surface area contributed by atoms with Gasteiger partial charge in [-0.25, -0.2) is 4.79 Å². The molecule has 1 saturated heterocycles. The number of carbonyl (C=O) groups excluding carboxylic acids is 3. The molecule has 1 fully saturated rings. The van der Waals surface area contributed by atoms with E-state index >= 15 is 0 Å². The van der Waals surface area contributed by atoms with Crippen LogP contribution in [0.3, 0.4) is 0 Å². The number of allylic oxidation sites excluding steroid dienone is 6. The average Bonchev–Trinajstić information content (AvgIpc) is 3.35. The van der Waals surface area contributed by atoms with E-state index in [0.717, 1.165) is 116 Å². The zero-order valence-corrected chi connectivity index (χ0v) is 45.2. The minimum atomic E-state index is -1.90. The summed E-state index contributed by atoms with van der Waals surface area (Å²) in [4.78, 5) is 51.0. The highest BCUT2D eigenvalue weighted by Gasteiger charge is 2.50. The molecule has 0 aromatic carbocycles. The summed E-state index contributed by atoms with van der Waals surface area (Å²) in [7, 11) is 0. The maximum atomic E-state index is 13.1. The van der Waals surface area contributed by atoms with Gasteiger partial charge in [-0.15, -0.1) is 0 Å². The van der Waals surface area contributed by atoms with Gasteiger partial charge in [-0.05, 0) is 96.3 Å². The molecule has 6 unspecified atom stereocenters. The van der Waals surface area contributed by atoms with Gasteiger partial charge in [0.2, 0.25) is 0 Å². The fourth-order valence-corrected chi connectivity index (χ4v) is 8.65. The van der Waals surface area contributed by atoms with Crippen LogP contribution in [0.2, 0.25) is 0 Å². The number of carboxylic acid groups (broad SMARTS) is 1. The average molecular weight is 1010 g/mol. The van der Waals surface area contributed by atoms with Crippen LogP contribution in [0.15, 0.2) is 36.5 Å². The van der Waals surface area contributed by atoms with Crippen molar-refractivity contribution in [2.75, 3.05) is 13.2 Å². The first-order valence-electron chi connectivity index (χ1n) is 29.0. The third-order valence-corrected chi connectivity index (χ3v) is 13.2. The monoisotopic (exact) mass is 1000 g/mol. The van der Waals surface area contributed by atoms with E-state index in [9.17, 15) is 34.5 Å². The second-order valence-corrected chi connectivity index (χ2v) is 19.9. The normalized spacial score (nSPS) is 18.7. The molecule has 412 valence electrons. The second-order valence-electron chi connectivity index (χ2n) is 19.9. The SMILES string of the molecule is CCCCCC/C=C\CCCCCCCC(=O)OCC(COC1OC(C(=O)O)C(O)C(O)C1OC(=O)CCCCCCC/C=C\CCCCCCCC)OC(=O)CCCCCCC/C=C\CCCCCC. The number of aliphatic carboxylic acids is 1. The van der Waals surface area contributed by atoms with Crippen molar-refractivity contribution in [1.29, 1.82) is 0 Å². The molecule has 71 heavy (non-hydrogen) atoms. The first-order chi connectivity index (χ1) is 34.6. The van der Waals surface area contributed by atoms with Gasteiger partial charge in [0.25, 0.3) is 0 Å². The van der Waals surface area contributed by atoms with E-state index in [0.29, 0.717) is 19.3 Å². The highest BCUT2D eigenvalue weighted by Crippen LogP contribution is 2.26. The Morgan fingerprint density at radius 1 is 0.451 bits per heavy atom. The zero-order chi connectivity index (χ0) is 51.8. The summed E-state index contributed by atoms with van der Waals surface area (Å²) < 4.78 is 28.4. The Morgan fingerprint density at radius 3 is 1.21 bits per heavy atom. The molecule has 1 aliphatic heterocycles. The summed E-state index contributed by atoms with van der Waals surface area (Å²) >= 11 is 0. The van der Waals surface area contributed by atoms with Crippen LogP contribution in [0.5, 0.6) is 0 Å². The highest BCUT2D eigenvalue weighted by atomic mass is 16.7. The quantitative estimate of drug-likeness (QED) is 0.0228. The number of hydrogen-bond acceptors (Lipinski definition) is 11. The van der Waals surface area contributed by atoms with Gasteiger partial charge in [0.05, 0.1) is 6.61 Å². The topological polar surface area (TPSA) is 175 Å². The zero-order valence-electron chi connectivity index (χ0n) is 45.2. The molecule has 0 aromatic heterocycles. The van der Waals surface area contributed by atoms with E-state index in [1.54, 1.807) is 0 Å². The molecule has 0 amide bonds. The summed E-state index contributed by atoms with van der Waals surface area (Å²) in [6.45, 7) is 5.94. The van der Waals surface area contributed by atoms with Crippen LogP contribution in [0.1, 0.15) is 265 Å². The Kier molecular flexibility index (Phi) is 44.5. The molecule has 12 nitrogen and oxygen atoms in total. The molecule has 12 heteroatoms. The Hall–Kier alpha value is -3.06. The number of carboxylic acids is 1. The van der Waals surface area contributed by atoms with Gasteiger partial charge in [0.1, 0.15) is 18.8 Å². The minimum absolute atomic E-state index is 0.0512. The van der Waals surface area contributed by atoms with Crippen LogP contribution < -0.4 is 0 Å². The molecular formula is C59H104O12. The Labute approximate surface area is 431 Å². The smallest absolute Gasteiger partial charge is 0.335 e. The number of esters is 3. The van der Waals surface area contributed by atoms with Crippen LogP contribution in [-0.2, 0) is 42.9 Å². The van der Waals surface area contributed by atoms with Gasteiger partial charge in [0.15, 0.2) is 24.6 Å². The van der Waals surface area contributed by atoms with Gasteiger partial charge >= 0.3 is 23.9 Å². The third kappa shape index (κ3) is 38.2. The summed E-state index contributed by atoms with van der Waals surface area (Å²) in [5.74, 6) is -3.14. The molecule has 6 atom stereocenters. The summed E-state index contributed by atoms with van der Waals surface area (Å²) in [5, 5.41) is 31.4. The second kappa shape index (κ2) is 47.9. The minimum Gasteiger partial charge on any atom is -0.479 e. The molecule has 0 saturated carbocycles. The van der Waals surface area contributed by atoms with Crippen molar-refractivity contribution in [3.8, 4) is 0 Å². The fourth-order valence-electron chi connectivity index (χ4n) is 8.65. The van der Waals surface area contributed by atoms with E-state index in [1.807, 2.05) is 0 Å². The predicted molar refractivity (Wildman–Crippen MR) is 285 cm³/mol. The standard InChI is InChI=1S/C59H104O12/c1-4-7-10-13-16-19-22-25-26-29-32-35-38-41-44-47-53(62)70-57-55(64)54(63)56(58(65)66)71-59(57)68-49-50(69-52(61)46-43-40-37-34-31-28-24-21-18-15-12-9-6-3)48-67-51(60)45-42-39-36-33-30-27-23-20-17-14-11-8-5-2/h20-21,23-26,50,54-57,59,63-64H,4-19,22,27-49H2,1-3H3,(H,65,66)/b23-20-,24-21-,26-25-. The number of ether oxygens (including phenoxy) is 5. The third-order valence-electron chi connectivity index (χ3n) is 13.2. The van der Waals surface area contributed by atoms with Crippen molar-refractivity contribution in [2.45, 2.75) is 302 Å². The lowest BCUT2D eigenvalue weighted by Crippen LogP contribution is -2.61. The lowest BCUT2D eigenvalue weighted by molar-refractivity contribution is -0.301. The molecular weight excluding hydrogens is 901 g/mol. The van der Waals surface area contributed by atoms with Crippen molar-refractivity contribution in [2.24, 2.45) is 0 Å². The number of hydrogen-bond donors (Lipinski definition) is 3. The molecule has 1 heterocycles. The number of carbonyl (C=O) groups is 4. The molecule has 3 N–H and O–H groups in total. The number of rotatable bonds is 49. The van der Waals surface area contributed by atoms with Crippen molar-refractivity contribution < 1.29 is 58.2 Å². The highest BCUT2D eigenvalue weighted by molar-refractivity contribution is 5.74. The van der Waals surface area contributed by atoms with Crippen LogP contribution in [0.4, 0.5) is 0 Å². The van der Waals surface area contributed by atoms with E-state index in [2.05, 4.69) is 57.2 Å². The maximum absolute atomic E-state index is 13.1. The Balaban J connectivity index is 2.71. The van der Waals surface area contributed by atoms with Gasteiger partial charge in [-0.1, -0.05) is 186 Å². The predicted octanol–water partition coefficient (Wildman–Crippen LogP) is 14.5. The summed E-state index contributed by atoms with van der Waals surface area (Å²) in [5.41, 5.74) is 0. The van der Waals surface area contributed by atoms with Gasteiger partial charge < -0.3 is 39.0 Å². The van der Waals surface area contributed by atoms with Crippen LogP contribution in [-0.4, -0.2) is 89.2 Å². The van der Waals surface area contributed by atoms with Gasteiger partial charge in [0, 0.05) is 19.3 Å². The Morgan fingerprint density at radius 2 is 0.803 bits per heavy atom. The van der Waals surface area contributed by atoms with Crippen molar-refractivity contribution >= 4 is 23.9 Å².